The van der Waals surface area contributed by atoms with Gasteiger partial charge < -0.3 is 9.84 Å². The topological polar surface area (TPSA) is 29.5 Å². The van der Waals surface area contributed by atoms with Crippen molar-refractivity contribution in [2.75, 3.05) is 6.61 Å². The van der Waals surface area contributed by atoms with Gasteiger partial charge in [-0.05, 0) is 31.0 Å². The van der Waals surface area contributed by atoms with Gasteiger partial charge in [0, 0.05) is 6.42 Å². The lowest BCUT2D eigenvalue weighted by Gasteiger charge is -2.13. The van der Waals surface area contributed by atoms with E-state index in [0.717, 1.165) is 0 Å². The number of halogens is 3. The SMILES string of the molecule is CCOc1ccc(C(O)CCC(F)(F)F)cc1. The van der Waals surface area contributed by atoms with Crippen LogP contribution in [0.1, 0.15) is 31.4 Å². The molecule has 0 aliphatic carbocycles. The normalized spacial score (nSPS) is 13.5. The van der Waals surface area contributed by atoms with Crippen LogP contribution in [-0.4, -0.2) is 17.9 Å². The van der Waals surface area contributed by atoms with E-state index in [4.69, 9.17) is 4.74 Å². The number of hydrogen-bond acceptors (Lipinski definition) is 2. The fraction of sp³-hybridized carbons (Fsp3) is 0.500. The number of rotatable bonds is 5. The van der Waals surface area contributed by atoms with Crippen molar-refractivity contribution in [3.63, 3.8) is 0 Å². The van der Waals surface area contributed by atoms with E-state index in [1.807, 2.05) is 6.92 Å². The predicted molar refractivity (Wildman–Crippen MR) is 57.9 cm³/mol. The molecule has 0 fully saturated rings. The summed E-state index contributed by atoms with van der Waals surface area (Å²) < 4.78 is 41.1. The predicted octanol–water partition coefficient (Wildman–Crippen LogP) is 3.46. The van der Waals surface area contributed by atoms with Gasteiger partial charge >= 0.3 is 6.18 Å². The maximum absolute atomic E-state index is 12.0. The fourth-order valence-electron chi connectivity index (χ4n) is 1.42. The molecule has 1 aromatic carbocycles. The Bertz CT molecular complexity index is 333. The molecule has 1 aromatic rings. The van der Waals surface area contributed by atoms with Gasteiger partial charge in [0.05, 0.1) is 12.7 Å². The summed E-state index contributed by atoms with van der Waals surface area (Å²) in [6, 6.07) is 6.42. The van der Waals surface area contributed by atoms with E-state index in [-0.39, 0.29) is 6.42 Å². The molecule has 0 aliphatic heterocycles. The highest BCUT2D eigenvalue weighted by Crippen LogP contribution is 2.28. The van der Waals surface area contributed by atoms with Crippen molar-refractivity contribution in [3.8, 4) is 5.75 Å². The summed E-state index contributed by atoms with van der Waals surface area (Å²) in [4.78, 5) is 0. The summed E-state index contributed by atoms with van der Waals surface area (Å²) in [6.45, 7) is 2.36. The van der Waals surface area contributed by atoms with Crippen molar-refractivity contribution < 1.29 is 23.0 Å². The highest BCUT2D eigenvalue weighted by Gasteiger charge is 2.28. The molecule has 0 radical (unpaired) electrons. The quantitative estimate of drug-likeness (QED) is 0.864. The number of benzene rings is 1. The molecule has 0 aliphatic rings. The fourth-order valence-corrected chi connectivity index (χ4v) is 1.42. The third kappa shape index (κ3) is 5.08. The second-order valence-electron chi connectivity index (χ2n) is 3.67. The Morgan fingerprint density at radius 1 is 1.24 bits per heavy atom. The molecule has 0 spiro atoms. The van der Waals surface area contributed by atoms with Crippen LogP contribution in [0.4, 0.5) is 13.2 Å². The summed E-state index contributed by atoms with van der Waals surface area (Å²) in [5, 5.41) is 9.56. The van der Waals surface area contributed by atoms with Crippen LogP contribution in [0.5, 0.6) is 5.75 Å². The Balaban J connectivity index is 2.54. The average molecular weight is 248 g/mol. The third-order valence-corrected chi connectivity index (χ3v) is 2.28. The summed E-state index contributed by atoms with van der Waals surface area (Å²) in [5.41, 5.74) is 0.470. The van der Waals surface area contributed by atoms with Gasteiger partial charge in [0.25, 0.3) is 0 Å². The van der Waals surface area contributed by atoms with E-state index in [0.29, 0.717) is 17.9 Å². The molecule has 1 unspecified atom stereocenters. The molecular weight excluding hydrogens is 233 g/mol. The molecule has 0 heterocycles. The zero-order chi connectivity index (χ0) is 12.9. The smallest absolute Gasteiger partial charge is 0.389 e. The molecule has 1 rings (SSSR count). The molecular formula is C12H15F3O2. The number of hydrogen-bond donors (Lipinski definition) is 1. The minimum Gasteiger partial charge on any atom is -0.494 e. The lowest BCUT2D eigenvalue weighted by Crippen LogP contribution is -2.10. The highest BCUT2D eigenvalue weighted by atomic mass is 19.4. The highest BCUT2D eigenvalue weighted by molar-refractivity contribution is 5.28. The Morgan fingerprint density at radius 2 is 1.82 bits per heavy atom. The maximum Gasteiger partial charge on any atom is 0.389 e. The number of aliphatic hydroxyl groups is 1. The second-order valence-corrected chi connectivity index (χ2v) is 3.67. The van der Waals surface area contributed by atoms with Gasteiger partial charge in [-0.15, -0.1) is 0 Å². The molecule has 96 valence electrons. The first-order valence-electron chi connectivity index (χ1n) is 5.40. The molecule has 0 saturated carbocycles. The summed E-state index contributed by atoms with van der Waals surface area (Å²) in [5.74, 6) is 0.638. The number of alkyl halides is 3. The molecule has 1 N–H and O–H groups in total. The molecule has 0 saturated heterocycles. The Hall–Kier alpha value is -1.23. The van der Waals surface area contributed by atoms with Crippen molar-refractivity contribution in [1.82, 2.24) is 0 Å². The third-order valence-electron chi connectivity index (χ3n) is 2.28. The summed E-state index contributed by atoms with van der Waals surface area (Å²) in [7, 11) is 0. The Morgan fingerprint density at radius 3 is 2.29 bits per heavy atom. The van der Waals surface area contributed by atoms with Crippen molar-refractivity contribution in [3.05, 3.63) is 29.8 Å². The van der Waals surface area contributed by atoms with Crippen LogP contribution >= 0.6 is 0 Å². The number of aliphatic hydroxyl groups excluding tert-OH is 1. The molecule has 1 atom stereocenters. The minimum atomic E-state index is -4.23. The minimum absolute atomic E-state index is 0.322. The van der Waals surface area contributed by atoms with Crippen LogP contribution in [0.2, 0.25) is 0 Å². The first-order valence-corrected chi connectivity index (χ1v) is 5.40. The molecule has 2 nitrogen and oxygen atoms in total. The molecule has 17 heavy (non-hydrogen) atoms. The molecule has 0 amide bonds. The van der Waals surface area contributed by atoms with Crippen molar-refractivity contribution >= 4 is 0 Å². The molecule has 0 bridgehead atoms. The van der Waals surface area contributed by atoms with E-state index in [1.54, 1.807) is 24.3 Å². The van der Waals surface area contributed by atoms with Crippen LogP contribution in [0.3, 0.4) is 0 Å². The van der Waals surface area contributed by atoms with Crippen molar-refractivity contribution in [2.24, 2.45) is 0 Å². The Labute approximate surface area is 98.0 Å². The van der Waals surface area contributed by atoms with Gasteiger partial charge in [-0.1, -0.05) is 12.1 Å². The van der Waals surface area contributed by atoms with E-state index >= 15 is 0 Å². The summed E-state index contributed by atoms with van der Waals surface area (Å²) in [6.07, 6.45) is -6.63. The zero-order valence-electron chi connectivity index (χ0n) is 9.50. The average Bonchev–Trinajstić information content (AvgIpc) is 2.26. The first kappa shape index (κ1) is 13.8. The van der Waals surface area contributed by atoms with Gasteiger partial charge in [-0.2, -0.15) is 13.2 Å². The van der Waals surface area contributed by atoms with Crippen molar-refractivity contribution in [2.45, 2.75) is 32.0 Å². The first-order chi connectivity index (χ1) is 7.92. The van der Waals surface area contributed by atoms with Crippen LogP contribution in [0.25, 0.3) is 0 Å². The van der Waals surface area contributed by atoms with Crippen LogP contribution < -0.4 is 4.74 Å². The second kappa shape index (κ2) is 5.91. The van der Waals surface area contributed by atoms with Crippen LogP contribution in [0.15, 0.2) is 24.3 Å². The van der Waals surface area contributed by atoms with Crippen LogP contribution in [-0.2, 0) is 0 Å². The summed E-state index contributed by atoms with van der Waals surface area (Å²) >= 11 is 0. The Kier molecular flexibility index (Phi) is 4.81. The number of ether oxygens (including phenoxy) is 1. The van der Waals surface area contributed by atoms with Gasteiger partial charge in [0.2, 0.25) is 0 Å². The van der Waals surface area contributed by atoms with E-state index < -0.39 is 18.7 Å². The van der Waals surface area contributed by atoms with Crippen LogP contribution in [0, 0.1) is 0 Å². The standard InChI is InChI=1S/C12H15F3O2/c1-2-17-10-5-3-9(4-6-10)11(16)7-8-12(13,14)15/h3-6,11,16H,2,7-8H2,1H3. The lowest BCUT2D eigenvalue weighted by molar-refractivity contribution is -0.140. The van der Waals surface area contributed by atoms with Gasteiger partial charge in [-0.25, -0.2) is 0 Å². The van der Waals surface area contributed by atoms with Gasteiger partial charge in [-0.3, -0.25) is 0 Å². The monoisotopic (exact) mass is 248 g/mol. The molecule has 0 aromatic heterocycles. The molecule has 5 heteroatoms. The van der Waals surface area contributed by atoms with Crippen molar-refractivity contribution in [1.29, 1.82) is 0 Å². The van der Waals surface area contributed by atoms with E-state index in [9.17, 15) is 18.3 Å². The lowest BCUT2D eigenvalue weighted by atomic mass is 10.0. The van der Waals surface area contributed by atoms with E-state index in [2.05, 4.69) is 0 Å². The van der Waals surface area contributed by atoms with Gasteiger partial charge in [0.1, 0.15) is 5.75 Å². The van der Waals surface area contributed by atoms with E-state index in [1.165, 1.54) is 0 Å². The van der Waals surface area contributed by atoms with Gasteiger partial charge in [0.15, 0.2) is 0 Å². The largest absolute Gasteiger partial charge is 0.494 e. The zero-order valence-corrected chi connectivity index (χ0v) is 9.50. The maximum atomic E-state index is 12.0.